The molecule has 6 N–H and O–H groups in total. The van der Waals surface area contributed by atoms with Crippen LogP contribution in [0.1, 0.15) is 56.1 Å². The van der Waals surface area contributed by atoms with Gasteiger partial charge in [-0.25, -0.2) is 9.59 Å². The number of amides is 2. The number of aromatic hydroxyl groups is 1. The highest BCUT2D eigenvalue weighted by Crippen LogP contribution is 2.39. The molecule has 53 heavy (non-hydrogen) atoms. The van der Waals surface area contributed by atoms with E-state index in [2.05, 4.69) is 26.9 Å². The van der Waals surface area contributed by atoms with Gasteiger partial charge in [0.1, 0.15) is 11.4 Å². The largest absolute Gasteiger partial charge is 0.506 e. The number of hydrogen-bond donors (Lipinski definition) is 6. The number of halogens is 7. The summed E-state index contributed by atoms with van der Waals surface area (Å²) in [5, 5.41) is 34.6. The monoisotopic (exact) mass is 784 g/mol. The van der Waals surface area contributed by atoms with Crippen LogP contribution in [0.2, 0.25) is 5.02 Å². The van der Waals surface area contributed by atoms with Gasteiger partial charge in [-0.3, -0.25) is 9.59 Å². The average molecular weight is 785 g/mol. The van der Waals surface area contributed by atoms with Crippen LogP contribution >= 0.6 is 11.6 Å². The van der Waals surface area contributed by atoms with Crippen molar-refractivity contribution in [1.82, 2.24) is 15.5 Å². The maximum absolute atomic E-state index is 13.3. The second kappa shape index (κ2) is 22.0. The van der Waals surface area contributed by atoms with Crippen LogP contribution in [0.3, 0.4) is 0 Å². The Bertz CT molecular complexity index is 1480. The van der Waals surface area contributed by atoms with E-state index in [0.29, 0.717) is 56.5 Å². The summed E-state index contributed by atoms with van der Waals surface area (Å²) in [5.41, 5.74) is 2.46. The Morgan fingerprint density at radius 1 is 0.868 bits per heavy atom. The van der Waals surface area contributed by atoms with Crippen LogP contribution in [0.15, 0.2) is 36.4 Å². The number of fused-ring (bicyclic) bond motifs is 1. The minimum atomic E-state index is -5.08. The van der Waals surface area contributed by atoms with E-state index in [4.69, 9.17) is 36.1 Å². The van der Waals surface area contributed by atoms with Gasteiger partial charge < -0.3 is 40.9 Å². The van der Waals surface area contributed by atoms with E-state index in [1.54, 1.807) is 6.07 Å². The van der Waals surface area contributed by atoms with Crippen LogP contribution in [0.4, 0.5) is 32.0 Å². The molecule has 0 saturated heterocycles. The summed E-state index contributed by atoms with van der Waals surface area (Å²) >= 11 is 6.07. The highest BCUT2D eigenvalue weighted by molar-refractivity contribution is 6.30. The third-order valence-corrected chi connectivity index (χ3v) is 8.23. The zero-order chi connectivity index (χ0) is 39.6. The van der Waals surface area contributed by atoms with Crippen molar-refractivity contribution in [2.24, 2.45) is 0 Å². The molecule has 2 aromatic carbocycles. The third-order valence-electron chi connectivity index (χ3n) is 8.00. The molecule has 296 valence electrons. The van der Waals surface area contributed by atoms with Gasteiger partial charge in [0.25, 0.3) is 5.91 Å². The number of phenols is 1. The van der Waals surface area contributed by atoms with Crippen molar-refractivity contribution in [3.63, 3.8) is 0 Å². The zero-order valence-electron chi connectivity index (χ0n) is 28.6. The topological polar surface area (TPSA) is 178 Å². The minimum Gasteiger partial charge on any atom is -0.506 e. The number of alkyl halides is 6. The number of anilines is 1. The molecule has 4 rings (SSSR count). The van der Waals surface area contributed by atoms with Gasteiger partial charge in [-0.1, -0.05) is 55.5 Å². The summed E-state index contributed by atoms with van der Waals surface area (Å²) in [6.45, 7) is 3.52. The second-order valence-electron chi connectivity index (χ2n) is 12.0. The highest BCUT2D eigenvalue weighted by Gasteiger charge is 2.39. The van der Waals surface area contributed by atoms with E-state index < -0.39 is 24.3 Å². The van der Waals surface area contributed by atoms with Crippen LogP contribution in [0.25, 0.3) is 0 Å². The van der Waals surface area contributed by atoms with Crippen LogP contribution in [0.5, 0.6) is 11.5 Å². The quantitative estimate of drug-likeness (QED) is 0.0654. The molecule has 12 nitrogen and oxygen atoms in total. The molecule has 1 fully saturated rings. The fraction of sp³-hybridized carbons (Fsp3) is 0.529. The molecule has 1 heterocycles. The first-order valence-electron chi connectivity index (χ1n) is 16.7. The van der Waals surface area contributed by atoms with E-state index in [-0.39, 0.29) is 24.2 Å². The molecule has 0 atom stereocenters. The number of carboxylic acid groups (broad SMARTS) is 2. The third kappa shape index (κ3) is 16.9. The van der Waals surface area contributed by atoms with Crippen molar-refractivity contribution in [2.45, 2.75) is 76.2 Å². The summed E-state index contributed by atoms with van der Waals surface area (Å²) in [5.74, 6) is -5.02. The Labute approximate surface area is 306 Å². The Balaban J connectivity index is 0.000000587. The molecule has 1 aliphatic heterocycles. The number of carboxylic acids is 2. The summed E-state index contributed by atoms with van der Waals surface area (Å²) in [7, 11) is 0. The summed E-state index contributed by atoms with van der Waals surface area (Å²) in [6, 6.07) is 11.6. The minimum absolute atomic E-state index is 0.00580. The normalized spacial score (nSPS) is 14.5. The lowest BCUT2D eigenvalue weighted by atomic mass is 10.1. The molecular weight excluding hydrogens is 742 g/mol. The lowest BCUT2D eigenvalue weighted by molar-refractivity contribution is -0.193. The molecule has 0 spiro atoms. The summed E-state index contributed by atoms with van der Waals surface area (Å²) in [4.78, 5) is 44.8. The SMILES string of the molecule is O=C(O)C(F)(F)F.O=C(O)C(F)(F)F.O=C1COc2c(CCNCCN(C(=O)CCNCCc3cccc(Cl)c3)C3CCCCCC3)ccc(O)c2N1. The van der Waals surface area contributed by atoms with Crippen LogP contribution < -0.4 is 20.7 Å². The number of carbonyl (C=O) groups is 4. The van der Waals surface area contributed by atoms with E-state index in [0.717, 1.165) is 36.4 Å². The van der Waals surface area contributed by atoms with E-state index >= 15 is 0 Å². The molecule has 0 unspecified atom stereocenters. The number of phenolic OH excluding ortho intramolecular Hbond substituents is 1. The lowest BCUT2D eigenvalue weighted by Crippen LogP contribution is -2.45. The van der Waals surface area contributed by atoms with E-state index in [1.165, 1.54) is 31.2 Å². The maximum atomic E-state index is 13.3. The molecule has 2 amide bonds. The van der Waals surface area contributed by atoms with Gasteiger partial charge in [-0.2, -0.15) is 26.3 Å². The number of carbonyl (C=O) groups excluding carboxylic acids is 2. The number of nitrogens with one attached hydrogen (secondary N) is 3. The number of rotatable bonds is 13. The van der Waals surface area contributed by atoms with Gasteiger partial charge in [0, 0.05) is 37.1 Å². The van der Waals surface area contributed by atoms with Gasteiger partial charge >= 0.3 is 24.3 Å². The Kier molecular flexibility index (Phi) is 18.7. The number of aliphatic carboxylic acids is 2. The number of ether oxygens (including phenoxy) is 1. The molecule has 19 heteroatoms. The van der Waals surface area contributed by atoms with Gasteiger partial charge in [0.05, 0.1) is 0 Å². The van der Waals surface area contributed by atoms with Crippen LogP contribution in [-0.2, 0) is 32.0 Å². The Morgan fingerprint density at radius 3 is 2.04 bits per heavy atom. The second-order valence-corrected chi connectivity index (χ2v) is 12.4. The zero-order valence-corrected chi connectivity index (χ0v) is 29.4. The number of benzene rings is 2. The standard InChI is InChI=1S/C30H41ClN4O4.2C2HF3O2/c31-24-7-5-6-22(20-24)12-15-32-17-14-28(38)35(25-8-3-1-2-4-9-25)19-18-33-16-13-23-10-11-26(36)29-30(23)39-21-27(37)34-29;2*3-2(4,5)1(6)7/h5-7,10-11,20,25,32-33,36H,1-4,8-9,12-19,21H2,(H,34,37);2*(H,6,7). The maximum Gasteiger partial charge on any atom is 0.490 e. The molecule has 0 aromatic heterocycles. The van der Waals surface area contributed by atoms with Crippen LogP contribution in [0, 0.1) is 0 Å². The van der Waals surface area contributed by atoms with E-state index in [1.807, 2.05) is 24.3 Å². The molecule has 2 aromatic rings. The number of nitrogens with zero attached hydrogens (tertiary/aromatic N) is 1. The van der Waals surface area contributed by atoms with Crippen molar-refractivity contribution in [1.29, 1.82) is 0 Å². The summed E-state index contributed by atoms with van der Waals surface area (Å²) < 4.78 is 69.1. The van der Waals surface area contributed by atoms with Crippen LogP contribution in [-0.4, -0.2) is 102 Å². The van der Waals surface area contributed by atoms with Gasteiger partial charge in [0.2, 0.25) is 5.91 Å². The Hall–Kier alpha value is -4.29. The molecule has 1 aliphatic carbocycles. The van der Waals surface area contributed by atoms with Gasteiger partial charge in [-0.05, 0) is 68.1 Å². The smallest absolute Gasteiger partial charge is 0.490 e. The number of hydrogen-bond acceptors (Lipinski definition) is 8. The van der Waals surface area contributed by atoms with Crippen molar-refractivity contribution in [3.05, 3.63) is 52.5 Å². The highest BCUT2D eigenvalue weighted by atomic mass is 35.5. The molecule has 0 bridgehead atoms. The summed E-state index contributed by atoms with van der Waals surface area (Å²) in [6.07, 6.45) is -1.08. The van der Waals surface area contributed by atoms with Crippen molar-refractivity contribution < 1.29 is 65.6 Å². The Morgan fingerprint density at radius 2 is 1.45 bits per heavy atom. The molecule has 0 radical (unpaired) electrons. The van der Waals surface area contributed by atoms with Gasteiger partial charge in [-0.15, -0.1) is 0 Å². The first-order valence-corrected chi connectivity index (χ1v) is 17.1. The fourth-order valence-corrected chi connectivity index (χ4v) is 5.64. The molecule has 2 aliphatic rings. The predicted octanol–water partition coefficient (Wildman–Crippen LogP) is 5.55. The first kappa shape index (κ1) is 44.9. The molecule has 1 saturated carbocycles. The lowest BCUT2D eigenvalue weighted by Gasteiger charge is -2.32. The average Bonchev–Trinajstić information content (AvgIpc) is 3.36. The van der Waals surface area contributed by atoms with Gasteiger partial charge in [0.15, 0.2) is 12.4 Å². The fourth-order valence-electron chi connectivity index (χ4n) is 5.43. The first-order chi connectivity index (χ1) is 24.9. The van der Waals surface area contributed by atoms with Crippen molar-refractivity contribution in [3.8, 4) is 11.5 Å². The van der Waals surface area contributed by atoms with Crippen molar-refractivity contribution in [2.75, 3.05) is 44.6 Å². The van der Waals surface area contributed by atoms with Crippen molar-refractivity contribution >= 4 is 41.0 Å². The predicted molar refractivity (Wildman–Crippen MR) is 182 cm³/mol. The molecular formula is C34H43ClF6N4O8. The van der Waals surface area contributed by atoms with E-state index in [9.17, 15) is 41.0 Å².